The number of nitro groups is 1. The Hall–Kier alpha value is -2.93. The minimum Gasteiger partial charge on any atom is -0.494 e. The van der Waals surface area contributed by atoms with Crippen LogP contribution >= 0.6 is 0 Å². The van der Waals surface area contributed by atoms with Crippen molar-refractivity contribution in [3.8, 4) is 5.75 Å². The zero-order valence-corrected chi connectivity index (χ0v) is 19.0. The van der Waals surface area contributed by atoms with Crippen LogP contribution < -0.4 is 10.1 Å². The molecule has 0 heterocycles. The fourth-order valence-electron chi connectivity index (χ4n) is 4.43. The molecule has 1 fully saturated rings. The summed E-state index contributed by atoms with van der Waals surface area (Å²) in [5, 5.41) is 14.0. The van der Waals surface area contributed by atoms with Gasteiger partial charge in [-0.3, -0.25) is 14.9 Å². The molecule has 2 aromatic carbocycles. The summed E-state index contributed by atoms with van der Waals surface area (Å²) in [5.41, 5.74) is 0.953. The van der Waals surface area contributed by atoms with Crippen LogP contribution in [0.15, 0.2) is 48.5 Å². The van der Waals surface area contributed by atoms with Gasteiger partial charge in [-0.15, -0.1) is 0 Å². The number of benzene rings is 2. The molecule has 1 aliphatic carbocycles. The quantitative estimate of drug-likeness (QED) is 0.297. The number of amides is 1. The van der Waals surface area contributed by atoms with Gasteiger partial charge in [-0.25, -0.2) is 0 Å². The smallest absolute Gasteiger partial charge is 0.269 e. The fourth-order valence-corrected chi connectivity index (χ4v) is 4.43. The second-order valence-electron chi connectivity index (χ2n) is 8.30. The van der Waals surface area contributed by atoms with E-state index in [0.717, 1.165) is 68.7 Å². The lowest BCUT2D eigenvalue weighted by Gasteiger charge is -2.28. The highest BCUT2D eigenvalue weighted by Crippen LogP contribution is 2.42. The maximum Gasteiger partial charge on any atom is 0.269 e. The zero-order chi connectivity index (χ0) is 23.0. The molecule has 1 saturated carbocycles. The van der Waals surface area contributed by atoms with Crippen molar-refractivity contribution in [1.29, 1.82) is 0 Å². The summed E-state index contributed by atoms with van der Waals surface area (Å²) in [6.45, 7) is 8.10. The monoisotopic (exact) mass is 439 g/mol. The molecule has 7 heteroatoms. The summed E-state index contributed by atoms with van der Waals surface area (Å²) in [6, 6.07) is 13.9. The van der Waals surface area contributed by atoms with E-state index in [0.29, 0.717) is 6.61 Å². The lowest BCUT2D eigenvalue weighted by atomic mass is 9.78. The van der Waals surface area contributed by atoms with Gasteiger partial charge in [-0.1, -0.05) is 38.8 Å². The van der Waals surface area contributed by atoms with Crippen molar-refractivity contribution in [3.05, 3.63) is 64.2 Å². The lowest BCUT2D eigenvalue weighted by molar-refractivity contribution is -0.384. The predicted octanol–water partition coefficient (Wildman–Crippen LogP) is 5.16. The van der Waals surface area contributed by atoms with Gasteiger partial charge in [0.05, 0.1) is 16.9 Å². The van der Waals surface area contributed by atoms with Crippen molar-refractivity contribution < 1.29 is 14.5 Å². The minimum atomic E-state index is -0.644. The third-order valence-corrected chi connectivity index (χ3v) is 6.42. The third-order valence-electron chi connectivity index (χ3n) is 6.42. The van der Waals surface area contributed by atoms with Crippen molar-refractivity contribution in [1.82, 2.24) is 4.90 Å². The van der Waals surface area contributed by atoms with Crippen LogP contribution in [0.4, 0.5) is 11.4 Å². The standard InChI is InChI=1S/C25H33N3O4/c1-3-27(4-2)18-7-19-32-23-14-10-21(11-15-23)26-24(29)25(16-5-6-17-25)20-8-12-22(13-9-20)28(30)31/h8-15H,3-7,16-19H2,1-2H3,(H,26,29). The number of carbonyl (C=O) groups excluding carboxylic acids is 1. The van der Waals surface area contributed by atoms with E-state index in [9.17, 15) is 14.9 Å². The molecule has 0 spiro atoms. The van der Waals surface area contributed by atoms with Crippen LogP contribution in [0, 0.1) is 10.1 Å². The van der Waals surface area contributed by atoms with Gasteiger partial charge in [-0.2, -0.15) is 0 Å². The van der Waals surface area contributed by atoms with Gasteiger partial charge in [0.2, 0.25) is 5.91 Å². The maximum absolute atomic E-state index is 13.3. The van der Waals surface area contributed by atoms with Crippen molar-refractivity contribution >= 4 is 17.3 Å². The van der Waals surface area contributed by atoms with Crippen LogP contribution in [-0.4, -0.2) is 42.0 Å². The molecule has 1 amide bonds. The highest BCUT2D eigenvalue weighted by molar-refractivity contribution is 5.99. The van der Waals surface area contributed by atoms with Crippen molar-refractivity contribution in [2.75, 3.05) is 31.6 Å². The molecule has 1 aliphatic rings. The Morgan fingerprint density at radius 1 is 1.06 bits per heavy atom. The Morgan fingerprint density at radius 2 is 1.69 bits per heavy atom. The van der Waals surface area contributed by atoms with Crippen LogP contribution in [0.25, 0.3) is 0 Å². The number of carbonyl (C=O) groups is 1. The number of nitrogens with zero attached hydrogens (tertiary/aromatic N) is 2. The van der Waals surface area contributed by atoms with Crippen molar-refractivity contribution in [2.45, 2.75) is 51.4 Å². The summed E-state index contributed by atoms with van der Waals surface area (Å²) in [7, 11) is 0. The highest BCUT2D eigenvalue weighted by Gasteiger charge is 2.42. The molecule has 0 aliphatic heterocycles. The van der Waals surface area contributed by atoms with Gasteiger partial charge in [0.25, 0.3) is 5.69 Å². The summed E-state index contributed by atoms with van der Waals surface area (Å²) < 4.78 is 5.83. The van der Waals surface area contributed by atoms with E-state index in [1.54, 1.807) is 12.1 Å². The molecule has 0 unspecified atom stereocenters. The molecule has 0 radical (unpaired) electrons. The predicted molar refractivity (Wildman–Crippen MR) is 126 cm³/mol. The Balaban J connectivity index is 1.60. The van der Waals surface area contributed by atoms with Gasteiger partial charge in [0, 0.05) is 24.4 Å². The van der Waals surface area contributed by atoms with E-state index < -0.39 is 10.3 Å². The third kappa shape index (κ3) is 5.65. The van der Waals surface area contributed by atoms with E-state index >= 15 is 0 Å². The Labute approximate surface area is 189 Å². The number of nitro benzene ring substituents is 1. The molecule has 172 valence electrons. The van der Waals surface area contributed by atoms with Crippen LogP contribution in [0.1, 0.15) is 51.5 Å². The molecule has 3 rings (SSSR count). The fraction of sp³-hybridized carbons (Fsp3) is 0.480. The molecule has 32 heavy (non-hydrogen) atoms. The Kier molecular flexibility index (Phi) is 8.22. The first kappa shape index (κ1) is 23.7. The maximum atomic E-state index is 13.3. The van der Waals surface area contributed by atoms with Gasteiger partial charge < -0.3 is 15.0 Å². The molecular formula is C25H33N3O4. The molecule has 1 N–H and O–H groups in total. The van der Waals surface area contributed by atoms with E-state index in [4.69, 9.17) is 4.74 Å². The first-order valence-electron chi connectivity index (χ1n) is 11.5. The van der Waals surface area contributed by atoms with Crippen LogP contribution in [0.2, 0.25) is 0 Å². The first-order valence-corrected chi connectivity index (χ1v) is 11.5. The zero-order valence-electron chi connectivity index (χ0n) is 19.0. The van der Waals surface area contributed by atoms with Gasteiger partial charge in [-0.05, 0) is 62.2 Å². The van der Waals surface area contributed by atoms with Crippen LogP contribution in [0.5, 0.6) is 5.75 Å². The summed E-state index contributed by atoms with van der Waals surface area (Å²) in [4.78, 5) is 26.2. The van der Waals surface area contributed by atoms with E-state index in [-0.39, 0.29) is 11.6 Å². The number of nitrogens with one attached hydrogen (secondary N) is 1. The van der Waals surface area contributed by atoms with Gasteiger partial charge in [0.15, 0.2) is 0 Å². The van der Waals surface area contributed by atoms with Crippen LogP contribution in [-0.2, 0) is 10.2 Å². The molecule has 0 aromatic heterocycles. The molecular weight excluding hydrogens is 406 g/mol. The summed E-state index contributed by atoms with van der Waals surface area (Å²) in [5.74, 6) is 0.727. The summed E-state index contributed by atoms with van der Waals surface area (Å²) >= 11 is 0. The van der Waals surface area contributed by atoms with Crippen LogP contribution in [0.3, 0.4) is 0 Å². The molecule has 7 nitrogen and oxygen atoms in total. The number of rotatable bonds is 11. The van der Waals surface area contributed by atoms with Crippen molar-refractivity contribution in [2.24, 2.45) is 0 Å². The van der Waals surface area contributed by atoms with E-state index in [1.807, 2.05) is 24.3 Å². The largest absolute Gasteiger partial charge is 0.494 e. The Bertz CT molecular complexity index is 886. The summed E-state index contributed by atoms with van der Waals surface area (Å²) in [6.07, 6.45) is 4.38. The number of non-ortho nitro benzene ring substituents is 1. The SMILES string of the molecule is CCN(CC)CCCOc1ccc(NC(=O)C2(c3ccc([N+](=O)[O-])cc3)CCCC2)cc1. The van der Waals surface area contributed by atoms with Gasteiger partial charge >= 0.3 is 0 Å². The Morgan fingerprint density at radius 3 is 2.25 bits per heavy atom. The second-order valence-corrected chi connectivity index (χ2v) is 8.30. The van der Waals surface area contributed by atoms with E-state index in [2.05, 4.69) is 24.1 Å². The first-order chi connectivity index (χ1) is 15.5. The minimum absolute atomic E-state index is 0.0370. The number of ether oxygens (including phenoxy) is 1. The number of hydrogen-bond donors (Lipinski definition) is 1. The lowest BCUT2D eigenvalue weighted by Crippen LogP contribution is -2.37. The average Bonchev–Trinajstić information content (AvgIpc) is 3.32. The second kappa shape index (κ2) is 11.1. The molecule has 0 atom stereocenters. The topological polar surface area (TPSA) is 84.7 Å². The molecule has 0 saturated heterocycles. The van der Waals surface area contributed by atoms with Gasteiger partial charge in [0.1, 0.15) is 5.75 Å². The molecule has 2 aromatic rings. The normalized spacial score (nSPS) is 15.0. The van der Waals surface area contributed by atoms with Crippen molar-refractivity contribution in [3.63, 3.8) is 0 Å². The average molecular weight is 440 g/mol. The van der Waals surface area contributed by atoms with E-state index in [1.165, 1.54) is 12.1 Å². The molecule has 0 bridgehead atoms. The number of anilines is 1. The highest BCUT2D eigenvalue weighted by atomic mass is 16.6. The number of hydrogen-bond acceptors (Lipinski definition) is 5.